The van der Waals surface area contributed by atoms with Gasteiger partial charge < -0.3 is 18.5 Å². The number of ether oxygens (including phenoxy) is 2. The first-order valence-electron chi connectivity index (χ1n) is 9.69. The molecule has 0 aliphatic rings. The van der Waals surface area contributed by atoms with Gasteiger partial charge in [0.1, 0.15) is 12.4 Å². The lowest BCUT2D eigenvalue weighted by molar-refractivity contribution is -0.143. The zero-order valence-corrected chi connectivity index (χ0v) is 17.7. The van der Waals surface area contributed by atoms with Gasteiger partial charge >= 0.3 is 11.9 Å². The smallest absolute Gasteiger partial charge is 0.326 e. The summed E-state index contributed by atoms with van der Waals surface area (Å²) in [6.45, 7) is 4.09. The fraction of sp³-hybridized carbons (Fsp3) is 0.227. The Labute approximate surface area is 180 Å². The summed E-state index contributed by atoms with van der Waals surface area (Å²) < 4.78 is 32.1. The molecule has 0 spiro atoms. The minimum absolute atomic E-state index is 0.0356. The van der Waals surface area contributed by atoms with E-state index in [0.717, 1.165) is 11.3 Å². The number of hydrogen-bond acceptors (Lipinski definition) is 6. The minimum atomic E-state index is -0.622. The standard InChI is InChI=1S/C22H19FN2O5S/c1-3-28-16-7-5-6-13-10-17(30-20(13)16)21(27)24-22-25(12-19(26)29-4-2)15-9-8-14(23)11-18(15)31-22/h5-11H,3-4,12H2,1-2H3. The first kappa shape index (κ1) is 20.8. The molecule has 0 radical (unpaired) electrons. The maximum atomic E-state index is 13.7. The second-order valence-corrected chi connectivity index (χ2v) is 7.53. The molecule has 1 amide bonds. The first-order valence-corrected chi connectivity index (χ1v) is 10.5. The predicted molar refractivity (Wildman–Crippen MR) is 114 cm³/mol. The molecule has 7 nitrogen and oxygen atoms in total. The summed E-state index contributed by atoms with van der Waals surface area (Å²) in [7, 11) is 0. The van der Waals surface area contributed by atoms with Crippen molar-refractivity contribution in [1.82, 2.24) is 4.57 Å². The van der Waals surface area contributed by atoms with Crippen LogP contribution in [-0.4, -0.2) is 29.7 Å². The maximum Gasteiger partial charge on any atom is 0.326 e. The summed E-state index contributed by atoms with van der Waals surface area (Å²) >= 11 is 1.10. The second-order valence-electron chi connectivity index (χ2n) is 6.52. The van der Waals surface area contributed by atoms with Crippen LogP contribution in [0.4, 0.5) is 4.39 Å². The number of aromatic nitrogens is 1. The Balaban J connectivity index is 1.79. The molecule has 2 aromatic heterocycles. The van der Waals surface area contributed by atoms with E-state index in [1.165, 1.54) is 16.7 Å². The highest BCUT2D eigenvalue weighted by molar-refractivity contribution is 7.16. The number of fused-ring (bicyclic) bond motifs is 2. The van der Waals surface area contributed by atoms with Crippen LogP contribution in [0.15, 0.2) is 51.9 Å². The molecular formula is C22H19FN2O5S. The Morgan fingerprint density at radius 2 is 2.00 bits per heavy atom. The lowest BCUT2D eigenvalue weighted by atomic mass is 10.2. The van der Waals surface area contributed by atoms with Crippen LogP contribution >= 0.6 is 11.3 Å². The van der Waals surface area contributed by atoms with E-state index in [2.05, 4.69) is 4.99 Å². The molecule has 9 heteroatoms. The van der Waals surface area contributed by atoms with Gasteiger partial charge in [-0.05, 0) is 44.2 Å². The molecule has 0 bridgehead atoms. The maximum absolute atomic E-state index is 13.7. The van der Waals surface area contributed by atoms with Crippen LogP contribution in [0.25, 0.3) is 21.2 Å². The van der Waals surface area contributed by atoms with E-state index in [-0.39, 0.29) is 23.7 Å². The van der Waals surface area contributed by atoms with E-state index in [4.69, 9.17) is 13.9 Å². The van der Waals surface area contributed by atoms with E-state index in [9.17, 15) is 14.0 Å². The number of thiazole rings is 1. The van der Waals surface area contributed by atoms with Crippen molar-refractivity contribution in [2.75, 3.05) is 13.2 Å². The van der Waals surface area contributed by atoms with Crippen LogP contribution in [-0.2, 0) is 16.1 Å². The molecule has 160 valence electrons. The molecule has 0 saturated carbocycles. The van der Waals surface area contributed by atoms with E-state index in [0.29, 0.717) is 33.5 Å². The summed E-state index contributed by atoms with van der Waals surface area (Å²) in [4.78, 5) is 29.3. The third-order valence-electron chi connectivity index (χ3n) is 4.45. The topological polar surface area (TPSA) is 83.0 Å². The van der Waals surface area contributed by atoms with Gasteiger partial charge in [-0.3, -0.25) is 9.59 Å². The molecule has 0 fully saturated rings. The van der Waals surface area contributed by atoms with Gasteiger partial charge in [0.2, 0.25) is 0 Å². The fourth-order valence-electron chi connectivity index (χ4n) is 3.17. The molecule has 2 heterocycles. The van der Waals surface area contributed by atoms with Gasteiger partial charge in [-0.1, -0.05) is 23.5 Å². The monoisotopic (exact) mass is 442 g/mol. The highest BCUT2D eigenvalue weighted by Gasteiger charge is 2.17. The average Bonchev–Trinajstić information content (AvgIpc) is 3.31. The van der Waals surface area contributed by atoms with Crippen molar-refractivity contribution >= 4 is 44.4 Å². The SMILES string of the molecule is CCOC(=O)Cn1c(=NC(=O)c2cc3cccc(OCC)c3o2)sc2cc(F)ccc21. The summed E-state index contributed by atoms with van der Waals surface area (Å²) in [5, 5.41) is 0.710. The Kier molecular flexibility index (Phi) is 5.85. The van der Waals surface area contributed by atoms with Gasteiger partial charge in [0.25, 0.3) is 0 Å². The van der Waals surface area contributed by atoms with Gasteiger partial charge in [-0.15, -0.1) is 0 Å². The van der Waals surface area contributed by atoms with E-state index < -0.39 is 17.7 Å². The van der Waals surface area contributed by atoms with E-state index in [1.807, 2.05) is 13.0 Å². The lowest BCUT2D eigenvalue weighted by Gasteiger charge is -2.04. The van der Waals surface area contributed by atoms with Crippen LogP contribution in [0.3, 0.4) is 0 Å². The van der Waals surface area contributed by atoms with Crippen LogP contribution in [0.5, 0.6) is 5.75 Å². The highest BCUT2D eigenvalue weighted by Crippen LogP contribution is 2.29. The van der Waals surface area contributed by atoms with Crippen LogP contribution in [0.1, 0.15) is 24.4 Å². The number of para-hydroxylation sites is 1. The van der Waals surface area contributed by atoms with Crippen molar-refractivity contribution in [3.05, 3.63) is 58.8 Å². The zero-order chi connectivity index (χ0) is 22.0. The molecular weight excluding hydrogens is 423 g/mol. The van der Waals surface area contributed by atoms with Crippen molar-refractivity contribution in [3.63, 3.8) is 0 Å². The normalized spacial score (nSPS) is 11.9. The predicted octanol–water partition coefficient (Wildman–Crippen LogP) is 4.29. The Morgan fingerprint density at radius 3 is 2.77 bits per heavy atom. The average molecular weight is 442 g/mol. The van der Waals surface area contributed by atoms with Gasteiger partial charge in [-0.2, -0.15) is 4.99 Å². The molecule has 2 aromatic carbocycles. The van der Waals surface area contributed by atoms with Crippen molar-refractivity contribution in [2.45, 2.75) is 20.4 Å². The number of nitrogens with zero attached hydrogens (tertiary/aromatic N) is 2. The zero-order valence-electron chi connectivity index (χ0n) is 16.9. The molecule has 31 heavy (non-hydrogen) atoms. The first-order chi connectivity index (χ1) is 15.0. The molecule has 4 rings (SSSR count). The number of carbonyl (C=O) groups excluding carboxylic acids is 2. The number of amides is 1. The molecule has 0 aliphatic carbocycles. The Bertz CT molecular complexity index is 1350. The van der Waals surface area contributed by atoms with Gasteiger partial charge in [0.15, 0.2) is 21.9 Å². The third kappa shape index (κ3) is 4.22. The number of rotatable bonds is 6. The molecule has 0 unspecified atom stereocenters. The Morgan fingerprint density at radius 1 is 1.16 bits per heavy atom. The van der Waals surface area contributed by atoms with Gasteiger partial charge in [0.05, 0.1) is 23.4 Å². The van der Waals surface area contributed by atoms with Crippen molar-refractivity contribution in [3.8, 4) is 5.75 Å². The number of benzene rings is 2. The summed E-state index contributed by atoms with van der Waals surface area (Å²) in [6.07, 6.45) is 0. The number of halogens is 1. The molecule has 0 atom stereocenters. The molecule has 0 saturated heterocycles. The second kappa shape index (κ2) is 8.73. The summed E-state index contributed by atoms with van der Waals surface area (Å²) in [5.74, 6) is -0.952. The largest absolute Gasteiger partial charge is 0.490 e. The number of esters is 1. The van der Waals surface area contributed by atoms with E-state index in [1.54, 1.807) is 31.2 Å². The van der Waals surface area contributed by atoms with Crippen LogP contribution < -0.4 is 9.54 Å². The van der Waals surface area contributed by atoms with Crippen molar-refractivity contribution in [2.24, 2.45) is 4.99 Å². The Hall–Kier alpha value is -3.46. The summed E-state index contributed by atoms with van der Waals surface area (Å²) in [6, 6.07) is 11.1. The number of furan rings is 1. The molecule has 0 aliphatic heterocycles. The van der Waals surface area contributed by atoms with Crippen LogP contribution in [0.2, 0.25) is 0 Å². The minimum Gasteiger partial charge on any atom is -0.490 e. The van der Waals surface area contributed by atoms with Gasteiger partial charge in [0, 0.05) is 5.39 Å². The molecule has 0 N–H and O–H groups in total. The highest BCUT2D eigenvalue weighted by atomic mass is 32.1. The fourth-order valence-corrected chi connectivity index (χ4v) is 4.23. The number of hydrogen-bond donors (Lipinski definition) is 0. The number of carbonyl (C=O) groups is 2. The van der Waals surface area contributed by atoms with Gasteiger partial charge in [-0.25, -0.2) is 4.39 Å². The van der Waals surface area contributed by atoms with Crippen LogP contribution in [0, 0.1) is 5.82 Å². The van der Waals surface area contributed by atoms with Crippen molar-refractivity contribution in [1.29, 1.82) is 0 Å². The lowest BCUT2D eigenvalue weighted by Crippen LogP contribution is -2.23. The van der Waals surface area contributed by atoms with Crippen molar-refractivity contribution < 1.29 is 27.9 Å². The summed E-state index contributed by atoms with van der Waals surface area (Å²) in [5.41, 5.74) is 1.04. The molecule has 4 aromatic rings. The third-order valence-corrected chi connectivity index (χ3v) is 5.49. The van der Waals surface area contributed by atoms with E-state index >= 15 is 0 Å². The quantitative estimate of drug-likeness (QED) is 0.416.